The molecule has 1 aromatic heterocycles. The van der Waals surface area contributed by atoms with Gasteiger partial charge in [0.25, 0.3) is 0 Å². The van der Waals surface area contributed by atoms with Crippen molar-refractivity contribution in [3.05, 3.63) is 22.4 Å². The van der Waals surface area contributed by atoms with Crippen LogP contribution in [0.1, 0.15) is 25.8 Å². The zero-order chi connectivity index (χ0) is 11.4. The van der Waals surface area contributed by atoms with Crippen LogP contribution in [0.2, 0.25) is 0 Å². The van der Waals surface area contributed by atoms with E-state index in [1.807, 2.05) is 0 Å². The van der Waals surface area contributed by atoms with Gasteiger partial charge in [-0.1, -0.05) is 6.92 Å². The molecular formula is C13H22N2S. The van der Waals surface area contributed by atoms with Gasteiger partial charge in [-0.3, -0.25) is 4.90 Å². The third-order valence-electron chi connectivity index (χ3n) is 3.54. The molecule has 1 aromatic rings. The highest BCUT2D eigenvalue weighted by molar-refractivity contribution is 7.07. The maximum atomic E-state index is 3.49. The van der Waals surface area contributed by atoms with Gasteiger partial charge in [0.2, 0.25) is 0 Å². The van der Waals surface area contributed by atoms with Crippen LogP contribution in [0.3, 0.4) is 0 Å². The van der Waals surface area contributed by atoms with Gasteiger partial charge in [0.15, 0.2) is 0 Å². The van der Waals surface area contributed by atoms with Gasteiger partial charge in [0.1, 0.15) is 0 Å². The fourth-order valence-electron chi connectivity index (χ4n) is 2.60. The van der Waals surface area contributed by atoms with Gasteiger partial charge < -0.3 is 5.32 Å². The number of hydrogen-bond donors (Lipinski definition) is 1. The summed E-state index contributed by atoms with van der Waals surface area (Å²) in [6.07, 6.45) is 2.45. The molecule has 0 spiro atoms. The van der Waals surface area contributed by atoms with Gasteiger partial charge in [-0.15, -0.1) is 0 Å². The molecule has 0 radical (unpaired) electrons. The normalized spacial score (nSPS) is 24.5. The maximum absolute atomic E-state index is 3.49. The number of thiophene rings is 1. The molecule has 0 amide bonds. The molecule has 16 heavy (non-hydrogen) atoms. The van der Waals surface area contributed by atoms with Crippen LogP contribution >= 0.6 is 11.3 Å². The van der Waals surface area contributed by atoms with E-state index in [2.05, 4.69) is 40.9 Å². The molecule has 3 heteroatoms. The van der Waals surface area contributed by atoms with Crippen LogP contribution in [-0.4, -0.2) is 36.6 Å². The Morgan fingerprint density at radius 3 is 3.19 bits per heavy atom. The molecule has 2 rings (SSSR count). The molecule has 1 N–H and O–H groups in total. The van der Waals surface area contributed by atoms with Crippen molar-refractivity contribution in [2.75, 3.05) is 19.6 Å². The van der Waals surface area contributed by atoms with Crippen LogP contribution < -0.4 is 5.32 Å². The molecule has 2 atom stereocenters. The van der Waals surface area contributed by atoms with E-state index in [9.17, 15) is 0 Å². The molecular weight excluding hydrogens is 216 g/mol. The minimum absolute atomic E-state index is 0.668. The van der Waals surface area contributed by atoms with Crippen LogP contribution in [0.5, 0.6) is 0 Å². The van der Waals surface area contributed by atoms with Gasteiger partial charge in [-0.25, -0.2) is 0 Å². The lowest BCUT2D eigenvalue weighted by Gasteiger charge is -2.40. The van der Waals surface area contributed by atoms with Gasteiger partial charge >= 0.3 is 0 Å². The molecule has 1 aliphatic heterocycles. The molecule has 2 heterocycles. The fraction of sp³-hybridized carbons (Fsp3) is 0.692. The summed E-state index contributed by atoms with van der Waals surface area (Å²) >= 11 is 1.80. The van der Waals surface area contributed by atoms with Crippen LogP contribution in [0, 0.1) is 0 Å². The smallest absolute Gasteiger partial charge is 0.0221 e. The molecule has 2 unspecified atom stereocenters. The monoisotopic (exact) mass is 238 g/mol. The predicted octanol–water partition coefficient (Wildman–Crippen LogP) is 2.36. The van der Waals surface area contributed by atoms with E-state index in [1.54, 1.807) is 11.3 Å². The van der Waals surface area contributed by atoms with Crippen molar-refractivity contribution in [2.24, 2.45) is 0 Å². The minimum atomic E-state index is 0.668. The Morgan fingerprint density at radius 1 is 1.62 bits per heavy atom. The zero-order valence-corrected chi connectivity index (χ0v) is 11.1. The van der Waals surface area contributed by atoms with E-state index < -0.39 is 0 Å². The molecule has 1 aliphatic rings. The number of nitrogens with zero attached hydrogens (tertiary/aromatic N) is 1. The highest BCUT2D eigenvalue weighted by Gasteiger charge is 2.24. The molecule has 90 valence electrons. The average molecular weight is 238 g/mol. The molecule has 0 bridgehead atoms. The van der Waals surface area contributed by atoms with E-state index >= 15 is 0 Å². The third kappa shape index (κ3) is 2.84. The van der Waals surface area contributed by atoms with Gasteiger partial charge in [0, 0.05) is 31.7 Å². The first-order chi connectivity index (χ1) is 7.81. The van der Waals surface area contributed by atoms with Crippen molar-refractivity contribution in [3.63, 3.8) is 0 Å². The van der Waals surface area contributed by atoms with Crippen molar-refractivity contribution < 1.29 is 0 Å². The van der Waals surface area contributed by atoms with Crippen LogP contribution in [0.25, 0.3) is 0 Å². The van der Waals surface area contributed by atoms with Gasteiger partial charge in [-0.05, 0) is 42.2 Å². The van der Waals surface area contributed by atoms with Gasteiger partial charge in [0.05, 0.1) is 0 Å². The summed E-state index contributed by atoms with van der Waals surface area (Å²) in [5.74, 6) is 0. The summed E-state index contributed by atoms with van der Waals surface area (Å²) in [5, 5.41) is 7.94. The number of nitrogens with one attached hydrogen (secondary N) is 1. The molecule has 0 saturated carbocycles. The Balaban J connectivity index is 1.94. The quantitative estimate of drug-likeness (QED) is 0.866. The van der Waals surface area contributed by atoms with Crippen molar-refractivity contribution >= 4 is 11.3 Å². The molecule has 2 nitrogen and oxygen atoms in total. The van der Waals surface area contributed by atoms with Crippen LogP contribution in [-0.2, 0) is 6.42 Å². The SMILES string of the molecule is CCC1CNCCN1C(C)Cc1ccsc1. The molecule has 1 saturated heterocycles. The lowest BCUT2D eigenvalue weighted by molar-refractivity contribution is 0.111. The summed E-state index contributed by atoms with van der Waals surface area (Å²) in [6.45, 7) is 8.16. The van der Waals surface area contributed by atoms with E-state index in [4.69, 9.17) is 0 Å². The Morgan fingerprint density at radius 2 is 2.50 bits per heavy atom. The zero-order valence-electron chi connectivity index (χ0n) is 10.3. The second-order valence-corrected chi connectivity index (χ2v) is 5.47. The topological polar surface area (TPSA) is 15.3 Å². The highest BCUT2D eigenvalue weighted by atomic mass is 32.1. The Kier molecular flexibility index (Phi) is 4.38. The predicted molar refractivity (Wildman–Crippen MR) is 71.1 cm³/mol. The Bertz CT molecular complexity index is 297. The summed E-state index contributed by atoms with van der Waals surface area (Å²) in [5.41, 5.74) is 1.49. The first kappa shape index (κ1) is 12.1. The largest absolute Gasteiger partial charge is 0.314 e. The lowest BCUT2D eigenvalue weighted by atomic mass is 10.0. The molecule has 1 fully saturated rings. The fourth-order valence-corrected chi connectivity index (χ4v) is 3.28. The summed E-state index contributed by atoms with van der Waals surface area (Å²) < 4.78 is 0. The van der Waals surface area contributed by atoms with E-state index in [0.29, 0.717) is 6.04 Å². The van der Waals surface area contributed by atoms with Crippen molar-refractivity contribution in [1.29, 1.82) is 0 Å². The number of piperazine rings is 1. The van der Waals surface area contributed by atoms with Crippen molar-refractivity contribution in [2.45, 2.75) is 38.8 Å². The number of rotatable bonds is 4. The summed E-state index contributed by atoms with van der Waals surface area (Å²) in [6, 6.07) is 3.65. The first-order valence-electron chi connectivity index (χ1n) is 6.28. The highest BCUT2D eigenvalue weighted by Crippen LogP contribution is 2.16. The summed E-state index contributed by atoms with van der Waals surface area (Å²) in [7, 11) is 0. The first-order valence-corrected chi connectivity index (χ1v) is 7.23. The standard InChI is InChI=1S/C13H22N2S/c1-3-13-9-14-5-6-15(13)11(2)8-12-4-7-16-10-12/h4,7,10-11,13-14H,3,5-6,8-9H2,1-2H3. The summed E-state index contributed by atoms with van der Waals surface area (Å²) in [4.78, 5) is 2.67. The Hall–Kier alpha value is -0.380. The van der Waals surface area contributed by atoms with E-state index in [-0.39, 0.29) is 0 Å². The molecule has 0 aromatic carbocycles. The van der Waals surface area contributed by atoms with Crippen molar-refractivity contribution in [1.82, 2.24) is 10.2 Å². The average Bonchev–Trinajstić information content (AvgIpc) is 2.81. The van der Waals surface area contributed by atoms with Crippen molar-refractivity contribution in [3.8, 4) is 0 Å². The van der Waals surface area contributed by atoms with Crippen LogP contribution in [0.15, 0.2) is 16.8 Å². The van der Waals surface area contributed by atoms with Gasteiger partial charge in [-0.2, -0.15) is 11.3 Å². The second-order valence-electron chi connectivity index (χ2n) is 4.69. The van der Waals surface area contributed by atoms with Crippen LogP contribution in [0.4, 0.5) is 0 Å². The Labute approximate surface area is 103 Å². The number of hydrogen-bond acceptors (Lipinski definition) is 3. The minimum Gasteiger partial charge on any atom is -0.314 e. The maximum Gasteiger partial charge on any atom is 0.0221 e. The second kappa shape index (κ2) is 5.80. The van der Waals surface area contributed by atoms with E-state index in [1.165, 1.54) is 24.9 Å². The third-order valence-corrected chi connectivity index (χ3v) is 4.28. The van der Waals surface area contributed by atoms with E-state index in [0.717, 1.165) is 19.1 Å². The molecule has 0 aliphatic carbocycles. The lowest BCUT2D eigenvalue weighted by Crippen LogP contribution is -2.54.